The minimum atomic E-state index is -0.253. The number of amides is 2. The average molecular weight is 260 g/mol. The van der Waals surface area contributed by atoms with E-state index in [1.807, 2.05) is 31.2 Å². The van der Waals surface area contributed by atoms with Crippen LogP contribution in [0.3, 0.4) is 0 Å². The van der Waals surface area contributed by atoms with Gasteiger partial charge in [-0.25, -0.2) is 0 Å². The lowest BCUT2D eigenvalue weighted by atomic mass is 10.0. The van der Waals surface area contributed by atoms with Crippen molar-refractivity contribution in [2.45, 2.75) is 45.2 Å². The maximum atomic E-state index is 11.9. The molecule has 1 unspecified atom stereocenters. The number of hydrogen-bond acceptors (Lipinski definition) is 2. The number of aryl methyl sites for hydroxylation is 1. The molecule has 2 amide bonds. The Kier molecular flexibility index (Phi) is 4.20. The van der Waals surface area contributed by atoms with Gasteiger partial charge >= 0.3 is 0 Å². The zero-order valence-electron chi connectivity index (χ0n) is 11.4. The Labute approximate surface area is 113 Å². The lowest BCUT2D eigenvalue weighted by molar-refractivity contribution is -0.122. The summed E-state index contributed by atoms with van der Waals surface area (Å²) in [4.78, 5) is 23.1. The Morgan fingerprint density at radius 1 is 1.26 bits per heavy atom. The summed E-state index contributed by atoms with van der Waals surface area (Å²) in [5, 5.41) is 5.79. The molecule has 0 heterocycles. The predicted molar refractivity (Wildman–Crippen MR) is 73.5 cm³/mol. The van der Waals surface area contributed by atoms with Gasteiger partial charge < -0.3 is 10.6 Å². The van der Waals surface area contributed by atoms with Gasteiger partial charge in [-0.3, -0.25) is 9.59 Å². The van der Waals surface area contributed by atoms with Crippen molar-refractivity contribution in [2.75, 3.05) is 0 Å². The van der Waals surface area contributed by atoms with Crippen molar-refractivity contribution < 1.29 is 9.59 Å². The maximum Gasteiger partial charge on any atom is 0.222 e. The normalized spacial score (nSPS) is 15.7. The monoisotopic (exact) mass is 260 g/mol. The molecule has 0 aromatic heterocycles. The van der Waals surface area contributed by atoms with Gasteiger partial charge in [-0.05, 0) is 25.3 Å². The number of rotatable bonds is 5. The highest BCUT2D eigenvalue weighted by Gasteiger charge is 2.25. The minimum Gasteiger partial charge on any atom is -0.353 e. The van der Waals surface area contributed by atoms with E-state index in [0.717, 1.165) is 24.0 Å². The first-order valence-electron chi connectivity index (χ1n) is 6.67. The molecule has 2 rings (SSSR count). The van der Waals surface area contributed by atoms with Crippen LogP contribution in [0, 0.1) is 6.92 Å². The molecule has 0 spiro atoms. The van der Waals surface area contributed by atoms with E-state index in [0.29, 0.717) is 12.5 Å². The molecule has 0 bridgehead atoms. The lowest BCUT2D eigenvalue weighted by Gasteiger charge is -2.18. The van der Waals surface area contributed by atoms with Gasteiger partial charge in [0.05, 0.1) is 12.5 Å². The van der Waals surface area contributed by atoms with Crippen LogP contribution >= 0.6 is 0 Å². The first-order chi connectivity index (χ1) is 9.04. The molecule has 0 saturated heterocycles. The zero-order valence-corrected chi connectivity index (χ0v) is 11.4. The van der Waals surface area contributed by atoms with E-state index >= 15 is 0 Å². The van der Waals surface area contributed by atoms with Crippen LogP contribution in [0.1, 0.15) is 43.4 Å². The van der Waals surface area contributed by atoms with Gasteiger partial charge in [0.25, 0.3) is 0 Å². The molecule has 0 aliphatic heterocycles. The molecular formula is C15H20N2O2. The molecule has 1 aromatic carbocycles. The summed E-state index contributed by atoms with van der Waals surface area (Å²) in [6.07, 6.45) is 2.43. The second-order valence-corrected chi connectivity index (χ2v) is 5.21. The molecule has 1 saturated carbocycles. The Morgan fingerprint density at radius 2 is 1.89 bits per heavy atom. The van der Waals surface area contributed by atoms with E-state index in [2.05, 4.69) is 10.6 Å². The molecule has 4 heteroatoms. The molecule has 0 radical (unpaired) electrons. The number of carbonyl (C=O) groups excluding carboxylic acids is 2. The van der Waals surface area contributed by atoms with Gasteiger partial charge in [0.1, 0.15) is 0 Å². The fourth-order valence-corrected chi connectivity index (χ4v) is 2.00. The summed E-state index contributed by atoms with van der Waals surface area (Å²) >= 11 is 0. The van der Waals surface area contributed by atoms with Crippen molar-refractivity contribution in [3.8, 4) is 0 Å². The summed E-state index contributed by atoms with van der Waals surface area (Å²) in [5.74, 6) is -0.119. The molecule has 102 valence electrons. The summed E-state index contributed by atoms with van der Waals surface area (Å²) in [5.41, 5.74) is 2.12. The van der Waals surface area contributed by atoms with Crippen molar-refractivity contribution in [3.05, 3.63) is 35.4 Å². The van der Waals surface area contributed by atoms with Gasteiger partial charge in [0.15, 0.2) is 0 Å². The van der Waals surface area contributed by atoms with E-state index in [4.69, 9.17) is 0 Å². The van der Waals surface area contributed by atoms with Crippen LogP contribution in [0.5, 0.6) is 0 Å². The predicted octanol–water partition coefficient (Wildman–Crippen LogP) is 1.84. The summed E-state index contributed by atoms with van der Waals surface area (Å²) in [6, 6.07) is 7.99. The van der Waals surface area contributed by atoms with E-state index < -0.39 is 0 Å². The van der Waals surface area contributed by atoms with E-state index in [1.165, 1.54) is 6.92 Å². The number of carbonyl (C=O) groups is 2. The fraction of sp³-hybridized carbons (Fsp3) is 0.467. The van der Waals surface area contributed by atoms with Crippen molar-refractivity contribution in [2.24, 2.45) is 0 Å². The molecule has 1 atom stereocenters. The van der Waals surface area contributed by atoms with E-state index in [-0.39, 0.29) is 17.9 Å². The van der Waals surface area contributed by atoms with E-state index in [9.17, 15) is 9.59 Å². The largest absolute Gasteiger partial charge is 0.353 e. The van der Waals surface area contributed by atoms with Crippen molar-refractivity contribution in [3.63, 3.8) is 0 Å². The Morgan fingerprint density at radius 3 is 2.42 bits per heavy atom. The second kappa shape index (κ2) is 5.87. The van der Waals surface area contributed by atoms with Crippen LogP contribution in [0.4, 0.5) is 0 Å². The van der Waals surface area contributed by atoms with Gasteiger partial charge in [-0.2, -0.15) is 0 Å². The Balaban J connectivity index is 2.03. The van der Waals surface area contributed by atoms with Gasteiger partial charge in [0.2, 0.25) is 11.8 Å². The first kappa shape index (κ1) is 13.6. The summed E-state index contributed by atoms with van der Waals surface area (Å²) < 4.78 is 0. The van der Waals surface area contributed by atoms with Crippen LogP contribution in [-0.2, 0) is 9.59 Å². The Bertz CT molecular complexity index is 464. The van der Waals surface area contributed by atoms with Crippen LogP contribution in [0.15, 0.2) is 24.3 Å². The third kappa shape index (κ3) is 4.39. The van der Waals surface area contributed by atoms with Gasteiger partial charge in [-0.15, -0.1) is 0 Å². The van der Waals surface area contributed by atoms with Crippen LogP contribution in [-0.4, -0.2) is 17.9 Å². The molecule has 1 aliphatic carbocycles. The van der Waals surface area contributed by atoms with E-state index in [1.54, 1.807) is 0 Å². The quantitative estimate of drug-likeness (QED) is 0.848. The first-order valence-corrected chi connectivity index (χ1v) is 6.67. The standard InChI is InChI=1S/C15H20N2O2/c1-10-3-5-12(6-4-10)14(16-11(2)18)9-15(19)17-13-7-8-13/h3-6,13-14H,7-9H2,1-2H3,(H,16,18)(H,17,19). The molecule has 2 N–H and O–H groups in total. The lowest BCUT2D eigenvalue weighted by Crippen LogP contribution is -2.33. The molecule has 19 heavy (non-hydrogen) atoms. The van der Waals surface area contributed by atoms with Crippen LogP contribution < -0.4 is 10.6 Å². The van der Waals surface area contributed by atoms with Crippen LogP contribution in [0.25, 0.3) is 0 Å². The second-order valence-electron chi connectivity index (χ2n) is 5.21. The van der Waals surface area contributed by atoms with Crippen LogP contribution in [0.2, 0.25) is 0 Å². The topological polar surface area (TPSA) is 58.2 Å². The third-order valence-corrected chi connectivity index (χ3v) is 3.19. The van der Waals surface area contributed by atoms with Gasteiger partial charge in [0, 0.05) is 13.0 Å². The highest BCUT2D eigenvalue weighted by Crippen LogP contribution is 2.21. The van der Waals surface area contributed by atoms with Crippen molar-refractivity contribution in [1.82, 2.24) is 10.6 Å². The number of benzene rings is 1. The molecule has 1 fully saturated rings. The molecule has 1 aliphatic rings. The highest BCUT2D eigenvalue weighted by molar-refractivity contribution is 5.79. The zero-order chi connectivity index (χ0) is 13.8. The fourth-order valence-electron chi connectivity index (χ4n) is 2.00. The number of nitrogens with one attached hydrogen (secondary N) is 2. The average Bonchev–Trinajstić information content (AvgIpc) is 3.12. The summed E-state index contributed by atoms with van der Waals surface area (Å²) in [6.45, 7) is 3.48. The van der Waals surface area contributed by atoms with Crippen molar-refractivity contribution >= 4 is 11.8 Å². The third-order valence-electron chi connectivity index (χ3n) is 3.19. The van der Waals surface area contributed by atoms with Crippen molar-refractivity contribution in [1.29, 1.82) is 0 Å². The smallest absolute Gasteiger partial charge is 0.222 e. The molecule has 1 aromatic rings. The summed E-state index contributed by atoms with van der Waals surface area (Å²) in [7, 11) is 0. The minimum absolute atomic E-state index is 0.00169. The Hall–Kier alpha value is -1.84. The van der Waals surface area contributed by atoms with Gasteiger partial charge in [-0.1, -0.05) is 29.8 Å². The number of hydrogen-bond donors (Lipinski definition) is 2. The SMILES string of the molecule is CC(=O)NC(CC(=O)NC1CC1)c1ccc(C)cc1. The molecular weight excluding hydrogens is 240 g/mol. The highest BCUT2D eigenvalue weighted by atomic mass is 16.2. The molecule has 4 nitrogen and oxygen atoms in total. The maximum absolute atomic E-state index is 11.9.